The van der Waals surface area contributed by atoms with Crippen LogP contribution in [0.5, 0.6) is 0 Å². The topological polar surface area (TPSA) is 44.8 Å². The summed E-state index contributed by atoms with van der Waals surface area (Å²) < 4.78 is 19.7. The molecule has 1 aromatic rings. The zero-order valence-corrected chi connectivity index (χ0v) is 13.5. The second-order valence-electron chi connectivity index (χ2n) is 6.17. The summed E-state index contributed by atoms with van der Waals surface area (Å²) in [6.45, 7) is 4.16. The molecule has 5 nitrogen and oxygen atoms in total. The highest BCUT2D eigenvalue weighted by Gasteiger charge is 2.35. The summed E-state index contributed by atoms with van der Waals surface area (Å²) in [7, 11) is 1.83. The number of likely N-dealkylation sites (N-methyl/N-ethyl adjacent to an activating group) is 1. The number of carbonyl (C=O) groups excluding carboxylic acids is 1. The third-order valence-corrected chi connectivity index (χ3v) is 4.77. The lowest BCUT2D eigenvalue weighted by Crippen LogP contribution is -2.49. The maximum absolute atomic E-state index is 14.4. The van der Waals surface area contributed by atoms with Crippen molar-refractivity contribution in [2.45, 2.75) is 18.5 Å². The number of amides is 1. The smallest absolute Gasteiger partial charge is 0.244 e. The van der Waals surface area contributed by atoms with Gasteiger partial charge in [0, 0.05) is 38.3 Å². The van der Waals surface area contributed by atoms with Crippen molar-refractivity contribution in [1.29, 1.82) is 0 Å². The van der Waals surface area contributed by atoms with E-state index in [0.29, 0.717) is 31.9 Å². The van der Waals surface area contributed by atoms with E-state index >= 15 is 0 Å². The number of carbonyl (C=O) groups is 1. The Bertz CT molecular complexity index is 542. The first kappa shape index (κ1) is 16.4. The molecular weight excluding hydrogens is 297 g/mol. The summed E-state index contributed by atoms with van der Waals surface area (Å²) >= 11 is 0. The molecule has 1 amide bonds. The number of hydrogen-bond acceptors (Lipinski definition) is 4. The fourth-order valence-electron chi connectivity index (χ4n) is 3.36. The Morgan fingerprint density at radius 3 is 2.78 bits per heavy atom. The molecule has 2 saturated heterocycles. The SMILES string of the molecule is CN(C(=O)[C@@H](c1ccccc1F)N1CCOCC1)[C@H]1CCNC1. The van der Waals surface area contributed by atoms with Gasteiger partial charge in [0.15, 0.2) is 0 Å². The Balaban J connectivity index is 1.87. The lowest BCUT2D eigenvalue weighted by molar-refractivity contribution is -0.139. The van der Waals surface area contributed by atoms with Crippen molar-refractivity contribution in [3.05, 3.63) is 35.6 Å². The number of benzene rings is 1. The van der Waals surface area contributed by atoms with Gasteiger partial charge in [0.2, 0.25) is 5.91 Å². The van der Waals surface area contributed by atoms with Crippen molar-refractivity contribution in [3.63, 3.8) is 0 Å². The number of nitrogens with zero attached hydrogens (tertiary/aromatic N) is 2. The largest absolute Gasteiger partial charge is 0.379 e. The standard InChI is InChI=1S/C17H24FN3O2/c1-20(13-6-7-19-12-13)17(22)16(21-8-10-23-11-9-21)14-4-2-3-5-15(14)18/h2-5,13,16,19H,6-12H2,1H3/t13-,16+/m0/s1. The minimum atomic E-state index is -0.578. The highest BCUT2D eigenvalue weighted by Crippen LogP contribution is 2.27. The lowest BCUT2D eigenvalue weighted by Gasteiger charge is -2.37. The molecule has 0 unspecified atom stereocenters. The molecule has 0 radical (unpaired) electrons. The van der Waals surface area contributed by atoms with Crippen LogP contribution in [0, 0.1) is 5.82 Å². The van der Waals surface area contributed by atoms with Gasteiger partial charge in [-0.25, -0.2) is 4.39 Å². The predicted octanol–water partition coefficient (Wildman–Crippen LogP) is 1.02. The van der Waals surface area contributed by atoms with Crippen molar-refractivity contribution in [1.82, 2.24) is 15.1 Å². The average Bonchev–Trinajstić information content (AvgIpc) is 3.11. The van der Waals surface area contributed by atoms with Crippen LogP contribution >= 0.6 is 0 Å². The molecule has 0 spiro atoms. The van der Waals surface area contributed by atoms with Crippen molar-refractivity contribution in [3.8, 4) is 0 Å². The Kier molecular flexibility index (Phi) is 5.25. The number of halogens is 1. The fraction of sp³-hybridized carbons (Fsp3) is 0.588. The van der Waals surface area contributed by atoms with Crippen LogP contribution in [0.3, 0.4) is 0 Å². The molecule has 3 rings (SSSR count). The summed E-state index contributed by atoms with van der Waals surface area (Å²) in [4.78, 5) is 16.9. The van der Waals surface area contributed by atoms with E-state index in [1.54, 1.807) is 23.1 Å². The van der Waals surface area contributed by atoms with Crippen LogP contribution in [0.1, 0.15) is 18.0 Å². The third kappa shape index (κ3) is 3.54. The van der Waals surface area contributed by atoms with Gasteiger partial charge in [0.25, 0.3) is 0 Å². The summed E-state index contributed by atoms with van der Waals surface area (Å²) in [5.41, 5.74) is 0.456. The van der Waals surface area contributed by atoms with E-state index in [1.165, 1.54) is 6.07 Å². The minimum absolute atomic E-state index is 0.0364. The van der Waals surface area contributed by atoms with E-state index in [4.69, 9.17) is 4.74 Å². The highest BCUT2D eigenvalue weighted by molar-refractivity contribution is 5.83. The van der Waals surface area contributed by atoms with Crippen LogP contribution in [0.15, 0.2) is 24.3 Å². The number of morpholine rings is 1. The molecule has 23 heavy (non-hydrogen) atoms. The van der Waals surface area contributed by atoms with Crippen LogP contribution in [-0.4, -0.2) is 68.2 Å². The molecule has 0 aliphatic carbocycles. The predicted molar refractivity (Wildman–Crippen MR) is 85.6 cm³/mol. The Hall–Kier alpha value is -1.50. The molecule has 6 heteroatoms. The molecular formula is C17H24FN3O2. The molecule has 0 bridgehead atoms. The molecule has 1 aromatic carbocycles. The Labute approximate surface area is 136 Å². The Morgan fingerprint density at radius 1 is 1.39 bits per heavy atom. The van der Waals surface area contributed by atoms with Crippen molar-refractivity contribution >= 4 is 5.91 Å². The van der Waals surface area contributed by atoms with Gasteiger partial charge in [-0.15, -0.1) is 0 Å². The molecule has 2 aliphatic rings. The van der Waals surface area contributed by atoms with Crippen molar-refractivity contribution in [2.24, 2.45) is 0 Å². The van der Waals surface area contributed by atoms with E-state index < -0.39 is 6.04 Å². The van der Waals surface area contributed by atoms with Gasteiger partial charge in [0.1, 0.15) is 11.9 Å². The zero-order valence-electron chi connectivity index (χ0n) is 13.5. The zero-order chi connectivity index (χ0) is 16.2. The van der Waals surface area contributed by atoms with Gasteiger partial charge >= 0.3 is 0 Å². The van der Waals surface area contributed by atoms with E-state index in [-0.39, 0.29) is 17.8 Å². The highest BCUT2D eigenvalue weighted by atomic mass is 19.1. The molecule has 0 aromatic heterocycles. The van der Waals surface area contributed by atoms with Gasteiger partial charge < -0.3 is 15.0 Å². The first-order chi connectivity index (χ1) is 11.2. The summed E-state index contributed by atoms with van der Waals surface area (Å²) in [6.07, 6.45) is 0.940. The maximum atomic E-state index is 14.4. The van der Waals surface area contributed by atoms with Crippen LogP contribution in [0.4, 0.5) is 4.39 Å². The van der Waals surface area contributed by atoms with E-state index in [9.17, 15) is 9.18 Å². The fourth-order valence-corrected chi connectivity index (χ4v) is 3.36. The number of rotatable bonds is 4. The molecule has 0 saturated carbocycles. The second-order valence-corrected chi connectivity index (χ2v) is 6.17. The van der Waals surface area contributed by atoms with Crippen molar-refractivity contribution in [2.75, 3.05) is 46.4 Å². The first-order valence-corrected chi connectivity index (χ1v) is 8.22. The van der Waals surface area contributed by atoms with Crippen LogP contribution in [0.2, 0.25) is 0 Å². The molecule has 2 aliphatic heterocycles. The van der Waals surface area contributed by atoms with E-state index in [2.05, 4.69) is 5.32 Å². The average molecular weight is 321 g/mol. The van der Waals surface area contributed by atoms with Gasteiger partial charge in [-0.2, -0.15) is 0 Å². The summed E-state index contributed by atoms with van der Waals surface area (Å²) in [5.74, 6) is -0.360. The lowest BCUT2D eigenvalue weighted by atomic mass is 10.0. The van der Waals surface area contributed by atoms with Gasteiger partial charge in [-0.3, -0.25) is 9.69 Å². The van der Waals surface area contributed by atoms with Crippen LogP contribution < -0.4 is 5.32 Å². The number of hydrogen-bond donors (Lipinski definition) is 1. The number of nitrogens with one attached hydrogen (secondary N) is 1. The maximum Gasteiger partial charge on any atom is 0.244 e. The van der Waals surface area contributed by atoms with E-state index in [0.717, 1.165) is 19.5 Å². The monoisotopic (exact) mass is 321 g/mol. The van der Waals surface area contributed by atoms with Crippen LogP contribution in [-0.2, 0) is 9.53 Å². The quantitative estimate of drug-likeness (QED) is 0.899. The van der Waals surface area contributed by atoms with Crippen LogP contribution in [0.25, 0.3) is 0 Å². The van der Waals surface area contributed by atoms with Gasteiger partial charge in [-0.1, -0.05) is 18.2 Å². The molecule has 126 valence electrons. The Morgan fingerprint density at radius 2 is 2.13 bits per heavy atom. The van der Waals surface area contributed by atoms with E-state index in [1.807, 2.05) is 11.9 Å². The number of ether oxygens (including phenoxy) is 1. The summed E-state index contributed by atoms with van der Waals surface area (Å²) in [5, 5.41) is 3.28. The minimum Gasteiger partial charge on any atom is -0.379 e. The third-order valence-electron chi connectivity index (χ3n) is 4.77. The molecule has 2 heterocycles. The second kappa shape index (κ2) is 7.38. The molecule has 2 atom stereocenters. The van der Waals surface area contributed by atoms with Crippen molar-refractivity contribution < 1.29 is 13.9 Å². The first-order valence-electron chi connectivity index (χ1n) is 8.22. The molecule has 2 fully saturated rings. The van der Waals surface area contributed by atoms with Gasteiger partial charge in [0.05, 0.1) is 13.2 Å². The normalized spacial score (nSPS) is 23.7. The van der Waals surface area contributed by atoms with Gasteiger partial charge in [-0.05, 0) is 19.0 Å². The summed E-state index contributed by atoms with van der Waals surface area (Å²) in [6, 6.07) is 6.19. The molecule has 1 N–H and O–H groups in total.